The fourth-order valence-corrected chi connectivity index (χ4v) is 2.69. The number of imidazole rings is 1. The zero-order chi connectivity index (χ0) is 15.0. The number of nitrogens with zero attached hydrogens (tertiary/aromatic N) is 3. The van der Waals surface area contributed by atoms with Gasteiger partial charge in [0.25, 0.3) is 11.7 Å². The number of ketones is 1. The largest absolute Gasteiger partial charge is 0.333 e. The molecular formula is C15H14ClN3O2. The van der Waals surface area contributed by atoms with Gasteiger partial charge in [-0.05, 0) is 24.6 Å². The highest BCUT2D eigenvalue weighted by molar-refractivity contribution is 6.52. The summed E-state index contributed by atoms with van der Waals surface area (Å²) in [6.07, 6.45) is 4.44. The van der Waals surface area contributed by atoms with E-state index in [0.717, 1.165) is 18.7 Å². The molecule has 0 bridgehead atoms. The Morgan fingerprint density at radius 2 is 2.10 bits per heavy atom. The topological polar surface area (TPSA) is 55.2 Å². The summed E-state index contributed by atoms with van der Waals surface area (Å²) in [5.74, 6) is -1.02. The molecule has 0 aliphatic carbocycles. The van der Waals surface area contributed by atoms with Gasteiger partial charge in [-0.15, -0.1) is 0 Å². The lowest BCUT2D eigenvalue weighted by Gasteiger charge is -2.17. The highest BCUT2D eigenvalue weighted by Gasteiger charge is 2.36. The van der Waals surface area contributed by atoms with Crippen molar-refractivity contribution in [3.05, 3.63) is 47.0 Å². The van der Waals surface area contributed by atoms with Crippen LogP contribution < -0.4 is 4.90 Å². The second kappa shape index (κ2) is 5.33. The van der Waals surface area contributed by atoms with Crippen LogP contribution in [0.2, 0.25) is 5.02 Å². The number of fused-ring (bicyclic) bond motifs is 1. The van der Waals surface area contributed by atoms with Crippen LogP contribution in [0.1, 0.15) is 29.4 Å². The van der Waals surface area contributed by atoms with Gasteiger partial charge in [-0.2, -0.15) is 0 Å². The van der Waals surface area contributed by atoms with E-state index >= 15 is 0 Å². The number of aromatic nitrogens is 2. The number of amides is 1. The van der Waals surface area contributed by atoms with Crippen LogP contribution in [0.3, 0.4) is 0 Å². The predicted octanol–water partition coefficient (Wildman–Crippen LogP) is 2.68. The molecule has 1 aromatic heterocycles. The Bertz CT molecular complexity index is 723. The van der Waals surface area contributed by atoms with E-state index in [1.165, 1.54) is 4.90 Å². The van der Waals surface area contributed by atoms with Gasteiger partial charge in [0, 0.05) is 17.8 Å². The number of anilines is 1. The average molecular weight is 304 g/mol. The van der Waals surface area contributed by atoms with Gasteiger partial charge in [0.2, 0.25) is 0 Å². The summed E-state index contributed by atoms with van der Waals surface area (Å²) in [4.78, 5) is 29.8. The van der Waals surface area contributed by atoms with Crippen molar-refractivity contribution in [2.24, 2.45) is 0 Å². The Morgan fingerprint density at radius 1 is 1.29 bits per heavy atom. The minimum absolute atomic E-state index is 0.333. The van der Waals surface area contributed by atoms with Gasteiger partial charge in [-0.3, -0.25) is 14.5 Å². The van der Waals surface area contributed by atoms with Gasteiger partial charge < -0.3 is 4.57 Å². The molecule has 3 rings (SSSR count). The van der Waals surface area contributed by atoms with E-state index in [9.17, 15) is 9.59 Å². The minimum atomic E-state index is -0.517. The number of carbonyl (C=O) groups is 2. The van der Waals surface area contributed by atoms with Crippen molar-refractivity contribution in [3.8, 4) is 0 Å². The first-order valence-electron chi connectivity index (χ1n) is 6.76. The molecule has 2 aromatic rings. The zero-order valence-corrected chi connectivity index (χ0v) is 12.3. The van der Waals surface area contributed by atoms with Crippen molar-refractivity contribution in [3.63, 3.8) is 0 Å². The first kappa shape index (κ1) is 13.8. The molecule has 1 aliphatic rings. The van der Waals surface area contributed by atoms with E-state index in [0.29, 0.717) is 22.8 Å². The molecule has 0 fully saturated rings. The quantitative estimate of drug-likeness (QED) is 0.816. The van der Waals surface area contributed by atoms with Gasteiger partial charge in [-0.25, -0.2) is 4.98 Å². The molecule has 2 heterocycles. The number of Topliss-reactive ketones (excluding diaryl/α,β-unsaturated/α-hetero) is 1. The molecule has 0 spiro atoms. The molecule has 108 valence electrons. The molecule has 0 saturated carbocycles. The maximum absolute atomic E-state index is 12.2. The lowest BCUT2D eigenvalue weighted by atomic mass is 10.1. The zero-order valence-electron chi connectivity index (χ0n) is 11.5. The molecule has 5 nitrogen and oxygen atoms in total. The highest BCUT2D eigenvalue weighted by Crippen LogP contribution is 2.32. The fraction of sp³-hybridized carbons (Fsp3) is 0.267. The van der Waals surface area contributed by atoms with E-state index < -0.39 is 11.7 Å². The van der Waals surface area contributed by atoms with Crippen molar-refractivity contribution < 1.29 is 9.59 Å². The molecule has 21 heavy (non-hydrogen) atoms. The van der Waals surface area contributed by atoms with E-state index in [4.69, 9.17) is 11.6 Å². The van der Waals surface area contributed by atoms with Crippen LogP contribution in [-0.2, 0) is 17.9 Å². The number of hydrogen-bond acceptors (Lipinski definition) is 3. The lowest BCUT2D eigenvalue weighted by Crippen LogP contribution is -2.30. The molecule has 6 heteroatoms. The first-order valence-corrected chi connectivity index (χ1v) is 7.14. The third-order valence-corrected chi connectivity index (χ3v) is 3.75. The van der Waals surface area contributed by atoms with Crippen LogP contribution in [0.5, 0.6) is 0 Å². The van der Waals surface area contributed by atoms with Crippen LogP contribution in [0.25, 0.3) is 0 Å². The van der Waals surface area contributed by atoms with Gasteiger partial charge in [0.15, 0.2) is 0 Å². The van der Waals surface area contributed by atoms with E-state index in [-0.39, 0.29) is 0 Å². The van der Waals surface area contributed by atoms with Crippen molar-refractivity contribution >= 4 is 29.0 Å². The van der Waals surface area contributed by atoms with Crippen LogP contribution >= 0.6 is 11.6 Å². The Balaban J connectivity index is 1.95. The van der Waals surface area contributed by atoms with Crippen molar-refractivity contribution in [2.75, 3.05) is 4.90 Å². The average Bonchev–Trinajstić information content (AvgIpc) is 2.99. The van der Waals surface area contributed by atoms with E-state index in [2.05, 4.69) is 11.9 Å². The van der Waals surface area contributed by atoms with Crippen molar-refractivity contribution in [2.45, 2.75) is 26.4 Å². The molecule has 0 N–H and O–H groups in total. The smallest absolute Gasteiger partial charge is 0.299 e. The van der Waals surface area contributed by atoms with Crippen LogP contribution in [0, 0.1) is 0 Å². The monoisotopic (exact) mass is 303 g/mol. The summed E-state index contributed by atoms with van der Waals surface area (Å²) in [6, 6.07) is 4.93. The lowest BCUT2D eigenvalue weighted by molar-refractivity contribution is -0.114. The van der Waals surface area contributed by atoms with Crippen LogP contribution in [0.4, 0.5) is 5.69 Å². The Hall–Kier alpha value is -2.14. The molecule has 1 aliphatic heterocycles. The predicted molar refractivity (Wildman–Crippen MR) is 79.5 cm³/mol. The standard InChI is InChI=1S/C15H14ClN3O2/c1-2-5-18-9-17-7-11(18)8-19-13-4-3-10(16)6-12(13)14(20)15(19)21/h3-4,6-7,9H,2,5,8H2,1H3. The summed E-state index contributed by atoms with van der Waals surface area (Å²) in [5.41, 5.74) is 1.88. The van der Waals surface area contributed by atoms with E-state index in [1.807, 2.05) is 4.57 Å². The van der Waals surface area contributed by atoms with Gasteiger partial charge >= 0.3 is 0 Å². The second-order valence-corrected chi connectivity index (χ2v) is 5.40. The van der Waals surface area contributed by atoms with E-state index in [1.54, 1.807) is 30.7 Å². The second-order valence-electron chi connectivity index (χ2n) is 4.96. The van der Waals surface area contributed by atoms with Crippen molar-refractivity contribution in [1.82, 2.24) is 9.55 Å². The van der Waals surface area contributed by atoms with Gasteiger partial charge in [-0.1, -0.05) is 18.5 Å². The summed E-state index contributed by atoms with van der Waals surface area (Å²) >= 11 is 5.90. The van der Waals surface area contributed by atoms with Gasteiger partial charge in [0.1, 0.15) is 0 Å². The normalized spacial score (nSPS) is 13.9. The molecule has 1 amide bonds. The SMILES string of the molecule is CCCn1cncc1CN1C(=O)C(=O)c2cc(Cl)ccc21. The highest BCUT2D eigenvalue weighted by atomic mass is 35.5. The number of aryl methyl sites for hydroxylation is 1. The first-order chi connectivity index (χ1) is 10.1. The third-order valence-electron chi connectivity index (χ3n) is 3.52. The Kier molecular flexibility index (Phi) is 3.51. The summed E-state index contributed by atoms with van der Waals surface area (Å²) in [7, 11) is 0. The summed E-state index contributed by atoms with van der Waals surface area (Å²) in [5, 5.41) is 0.452. The molecule has 0 radical (unpaired) electrons. The van der Waals surface area contributed by atoms with Crippen LogP contribution in [0.15, 0.2) is 30.7 Å². The molecule has 0 unspecified atom stereocenters. The third kappa shape index (κ3) is 2.34. The molecule has 0 atom stereocenters. The van der Waals surface area contributed by atoms with Crippen LogP contribution in [-0.4, -0.2) is 21.2 Å². The van der Waals surface area contributed by atoms with Gasteiger partial charge in [0.05, 0.1) is 29.8 Å². The number of halogens is 1. The maximum atomic E-state index is 12.2. The number of benzene rings is 1. The summed E-state index contributed by atoms with van der Waals surface area (Å²) in [6.45, 7) is 3.24. The molecule has 0 saturated heterocycles. The fourth-order valence-electron chi connectivity index (χ4n) is 2.51. The maximum Gasteiger partial charge on any atom is 0.299 e. The molecular weight excluding hydrogens is 290 g/mol. The number of rotatable bonds is 4. The number of hydrogen-bond donors (Lipinski definition) is 0. The summed E-state index contributed by atoms with van der Waals surface area (Å²) < 4.78 is 1.99. The Labute approximate surface area is 127 Å². The minimum Gasteiger partial charge on any atom is -0.333 e. The number of carbonyl (C=O) groups excluding carboxylic acids is 2. The van der Waals surface area contributed by atoms with Crippen molar-refractivity contribution in [1.29, 1.82) is 0 Å². The molecule has 1 aromatic carbocycles. The Morgan fingerprint density at radius 3 is 2.86 bits per heavy atom.